The molecule has 8 heteroatoms. The molecule has 2 fully saturated rings. The van der Waals surface area contributed by atoms with Gasteiger partial charge in [-0.3, -0.25) is 14.7 Å². The summed E-state index contributed by atoms with van der Waals surface area (Å²) >= 11 is 18.9. The van der Waals surface area contributed by atoms with Crippen LogP contribution >= 0.6 is 34.8 Å². The fourth-order valence-corrected chi connectivity index (χ4v) is 6.35. The van der Waals surface area contributed by atoms with E-state index in [0.29, 0.717) is 26.8 Å². The second kappa shape index (κ2) is 10.7. The summed E-state index contributed by atoms with van der Waals surface area (Å²) in [5, 5.41) is 8.48. The Hall–Kier alpha value is -1.79. The maximum atomic E-state index is 13.7. The Labute approximate surface area is 222 Å². The average Bonchev–Trinajstić information content (AvgIpc) is 3.21. The van der Waals surface area contributed by atoms with E-state index in [1.54, 1.807) is 12.1 Å². The number of piperazine rings is 1. The number of anilines is 1. The minimum atomic E-state index is -0.173. The molecule has 3 aliphatic rings. The maximum Gasteiger partial charge on any atom is 0.270 e. The number of hydrogen-bond acceptors (Lipinski definition) is 4. The summed E-state index contributed by atoms with van der Waals surface area (Å²) in [5.74, 6) is -0.0980. The molecule has 1 saturated carbocycles. The van der Waals surface area contributed by atoms with Gasteiger partial charge in [0.05, 0.1) is 16.8 Å². The molecule has 0 unspecified atom stereocenters. The van der Waals surface area contributed by atoms with Gasteiger partial charge in [0.2, 0.25) is 0 Å². The maximum absolute atomic E-state index is 13.7. The lowest BCUT2D eigenvalue weighted by molar-refractivity contribution is -0.126. The first kappa shape index (κ1) is 24.9. The van der Waals surface area contributed by atoms with Crippen molar-refractivity contribution in [2.45, 2.75) is 51.1 Å². The van der Waals surface area contributed by atoms with Gasteiger partial charge >= 0.3 is 0 Å². The van der Waals surface area contributed by atoms with Crippen LogP contribution in [0.4, 0.5) is 5.69 Å². The molecule has 1 aliphatic carbocycles. The quantitative estimate of drug-likeness (QED) is 0.440. The topological polar surface area (TPSA) is 39.2 Å². The molecule has 2 aromatic rings. The van der Waals surface area contributed by atoms with E-state index in [0.717, 1.165) is 37.4 Å². The molecule has 5 rings (SSSR count). The third-order valence-corrected chi connectivity index (χ3v) is 8.45. The summed E-state index contributed by atoms with van der Waals surface area (Å²) < 4.78 is 0. The van der Waals surface area contributed by atoms with E-state index in [-0.39, 0.29) is 17.9 Å². The summed E-state index contributed by atoms with van der Waals surface area (Å²) in [6.45, 7) is 5.43. The number of benzene rings is 2. The van der Waals surface area contributed by atoms with Crippen molar-refractivity contribution in [3.63, 3.8) is 0 Å². The van der Waals surface area contributed by atoms with Gasteiger partial charge in [-0.1, -0.05) is 73.1 Å². The standard InChI is InChI=1S/C27H31Cl3N4O/c1-18-25(27(35)33-15-13-32(14-16-33)22-5-3-2-4-6-22)31-34(24-12-11-21(29)17-23(24)30)26(18)19-7-9-20(28)10-8-19/h7-12,17-18,22,26H,2-6,13-16H2,1H3/t18-,26+/m0/s1. The monoisotopic (exact) mass is 532 g/mol. The Kier molecular flexibility index (Phi) is 7.59. The van der Waals surface area contributed by atoms with Gasteiger partial charge in [0.1, 0.15) is 5.71 Å². The van der Waals surface area contributed by atoms with Gasteiger partial charge < -0.3 is 4.90 Å². The van der Waals surface area contributed by atoms with Gasteiger partial charge in [0.15, 0.2) is 0 Å². The lowest BCUT2D eigenvalue weighted by Crippen LogP contribution is -2.54. The largest absolute Gasteiger partial charge is 0.335 e. The van der Waals surface area contributed by atoms with Gasteiger partial charge in [-0.15, -0.1) is 0 Å². The Balaban J connectivity index is 1.38. The smallest absolute Gasteiger partial charge is 0.270 e. The van der Waals surface area contributed by atoms with Crippen LogP contribution in [0.1, 0.15) is 50.6 Å². The van der Waals surface area contributed by atoms with E-state index < -0.39 is 0 Å². The lowest BCUT2D eigenvalue weighted by Gasteiger charge is -2.40. The Bertz CT molecular complexity index is 1090. The van der Waals surface area contributed by atoms with Gasteiger partial charge in [-0.25, -0.2) is 0 Å². The molecule has 1 amide bonds. The van der Waals surface area contributed by atoms with E-state index in [1.807, 2.05) is 40.2 Å². The van der Waals surface area contributed by atoms with Crippen LogP contribution < -0.4 is 5.01 Å². The van der Waals surface area contributed by atoms with Crippen LogP contribution in [0.25, 0.3) is 0 Å². The summed E-state index contributed by atoms with van der Waals surface area (Å²) in [6, 6.07) is 13.6. The molecular formula is C27H31Cl3N4O. The van der Waals surface area contributed by atoms with Crippen LogP contribution in [0.2, 0.25) is 15.1 Å². The number of hydrazone groups is 1. The van der Waals surface area contributed by atoms with E-state index in [2.05, 4.69) is 11.8 Å². The van der Waals surface area contributed by atoms with Crippen LogP contribution in [0.3, 0.4) is 0 Å². The fraction of sp³-hybridized carbons (Fsp3) is 0.481. The first-order valence-electron chi connectivity index (χ1n) is 12.5. The Morgan fingerprint density at radius 2 is 1.54 bits per heavy atom. The summed E-state index contributed by atoms with van der Waals surface area (Å²) in [5.41, 5.74) is 2.33. The molecule has 2 aliphatic heterocycles. The first-order valence-corrected chi connectivity index (χ1v) is 13.7. The minimum Gasteiger partial charge on any atom is -0.335 e. The predicted molar refractivity (Wildman–Crippen MR) is 145 cm³/mol. The van der Waals surface area contributed by atoms with Crippen molar-refractivity contribution >= 4 is 52.1 Å². The van der Waals surface area contributed by atoms with Crippen molar-refractivity contribution in [3.05, 3.63) is 63.1 Å². The molecule has 1 saturated heterocycles. The molecule has 0 bridgehead atoms. The van der Waals surface area contributed by atoms with Crippen LogP contribution in [-0.2, 0) is 4.79 Å². The Morgan fingerprint density at radius 3 is 2.20 bits per heavy atom. The number of carbonyl (C=O) groups excluding carboxylic acids is 1. The van der Waals surface area contributed by atoms with E-state index >= 15 is 0 Å². The number of halogens is 3. The zero-order chi connectivity index (χ0) is 24.5. The molecule has 35 heavy (non-hydrogen) atoms. The highest BCUT2D eigenvalue weighted by molar-refractivity contribution is 6.41. The van der Waals surface area contributed by atoms with Crippen LogP contribution in [0.15, 0.2) is 47.6 Å². The molecule has 0 aromatic heterocycles. The minimum absolute atomic E-state index is 0.0207. The van der Waals surface area contributed by atoms with Crippen molar-refractivity contribution in [2.75, 3.05) is 31.2 Å². The number of carbonyl (C=O) groups is 1. The van der Waals surface area contributed by atoms with Gasteiger partial charge in [-0.2, -0.15) is 5.10 Å². The molecule has 2 heterocycles. The van der Waals surface area contributed by atoms with Crippen LogP contribution in [0.5, 0.6) is 0 Å². The normalized spacial score (nSPS) is 24.1. The van der Waals surface area contributed by atoms with E-state index in [9.17, 15) is 4.79 Å². The third kappa shape index (κ3) is 5.20. The van der Waals surface area contributed by atoms with Gasteiger partial charge in [-0.05, 0) is 48.7 Å². The third-order valence-electron chi connectivity index (χ3n) is 7.66. The summed E-state index contributed by atoms with van der Waals surface area (Å²) in [4.78, 5) is 18.3. The number of nitrogens with zero attached hydrogens (tertiary/aromatic N) is 4. The average molecular weight is 534 g/mol. The zero-order valence-electron chi connectivity index (χ0n) is 20.0. The lowest BCUT2D eigenvalue weighted by atomic mass is 9.90. The second-order valence-corrected chi connectivity index (χ2v) is 11.1. The highest BCUT2D eigenvalue weighted by Gasteiger charge is 2.42. The van der Waals surface area contributed by atoms with Gasteiger partial charge in [0, 0.05) is 48.2 Å². The summed E-state index contributed by atoms with van der Waals surface area (Å²) in [6.07, 6.45) is 6.59. The van der Waals surface area contributed by atoms with Crippen molar-refractivity contribution < 1.29 is 4.79 Å². The van der Waals surface area contributed by atoms with E-state index in [4.69, 9.17) is 39.9 Å². The highest BCUT2D eigenvalue weighted by Crippen LogP contribution is 2.43. The van der Waals surface area contributed by atoms with Crippen molar-refractivity contribution in [1.82, 2.24) is 9.80 Å². The van der Waals surface area contributed by atoms with Crippen LogP contribution in [0, 0.1) is 5.92 Å². The van der Waals surface area contributed by atoms with Crippen molar-refractivity contribution in [1.29, 1.82) is 0 Å². The number of rotatable bonds is 4. The molecule has 0 spiro atoms. The fourth-order valence-electron chi connectivity index (χ4n) is 5.73. The van der Waals surface area contributed by atoms with Crippen LogP contribution in [-0.4, -0.2) is 53.6 Å². The SMILES string of the molecule is C[C@H]1C(C(=O)N2CCN(C3CCCCC3)CC2)=NN(c2ccc(Cl)cc2Cl)[C@H]1c1ccc(Cl)cc1. The number of hydrogen-bond donors (Lipinski definition) is 0. The molecule has 0 N–H and O–H groups in total. The molecule has 2 aromatic carbocycles. The van der Waals surface area contributed by atoms with Crippen molar-refractivity contribution in [3.8, 4) is 0 Å². The molecule has 186 valence electrons. The molecule has 5 nitrogen and oxygen atoms in total. The zero-order valence-corrected chi connectivity index (χ0v) is 22.2. The van der Waals surface area contributed by atoms with Gasteiger partial charge in [0.25, 0.3) is 5.91 Å². The number of amides is 1. The highest BCUT2D eigenvalue weighted by atomic mass is 35.5. The first-order chi connectivity index (χ1) is 16.9. The molecule has 2 atom stereocenters. The summed E-state index contributed by atoms with van der Waals surface area (Å²) in [7, 11) is 0. The molecular weight excluding hydrogens is 503 g/mol. The van der Waals surface area contributed by atoms with E-state index in [1.165, 1.54) is 32.1 Å². The van der Waals surface area contributed by atoms with Crippen molar-refractivity contribution in [2.24, 2.45) is 11.0 Å². The molecule has 0 radical (unpaired) electrons. The predicted octanol–water partition coefficient (Wildman–Crippen LogP) is 6.68. The second-order valence-electron chi connectivity index (χ2n) is 9.83. The Morgan fingerprint density at radius 1 is 0.886 bits per heavy atom.